The summed E-state index contributed by atoms with van der Waals surface area (Å²) in [7, 11) is 0. The first-order chi connectivity index (χ1) is 7.63. The second kappa shape index (κ2) is 4.83. The second-order valence-electron chi connectivity index (χ2n) is 3.46. The molecule has 0 saturated heterocycles. The number of aliphatic hydroxyl groups excluding tert-OH is 2. The molecule has 2 unspecified atom stereocenters. The maximum absolute atomic E-state index is 9.92. The number of nitrogens with zero attached hydrogens (tertiary/aromatic N) is 1. The van der Waals surface area contributed by atoms with Crippen molar-refractivity contribution in [2.75, 3.05) is 5.33 Å². The number of aromatic amines is 1. The van der Waals surface area contributed by atoms with Gasteiger partial charge in [0, 0.05) is 33.1 Å². The van der Waals surface area contributed by atoms with Gasteiger partial charge in [-0.25, -0.2) is 4.98 Å². The smallest absolute Gasteiger partial charge is 0.137 e. The topological polar surface area (TPSA) is 69.1 Å². The number of alkyl halides is 1. The van der Waals surface area contributed by atoms with Crippen molar-refractivity contribution in [2.24, 2.45) is 0 Å². The van der Waals surface area contributed by atoms with E-state index in [1.54, 1.807) is 12.4 Å². The Morgan fingerprint density at radius 2 is 2.19 bits per heavy atom. The van der Waals surface area contributed by atoms with Crippen LogP contribution in [0.1, 0.15) is 11.7 Å². The summed E-state index contributed by atoms with van der Waals surface area (Å²) in [5, 5.41) is 20.6. The highest BCUT2D eigenvalue weighted by atomic mass is 79.9. The molecule has 0 spiro atoms. The van der Waals surface area contributed by atoms with Crippen LogP contribution in [0.3, 0.4) is 0 Å². The van der Waals surface area contributed by atoms with E-state index in [1.807, 2.05) is 6.07 Å². The van der Waals surface area contributed by atoms with Crippen molar-refractivity contribution < 1.29 is 10.2 Å². The lowest BCUT2D eigenvalue weighted by molar-refractivity contribution is 0.0352. The van der Waals surface area contributed by atoms with Gasteiger partial charge in [0.2, 0.25) is 0 Å². The average Bonchev–Trinajstić information content (AvgIpc) is 2.69. The molecule has 2 rings (SSSR count). The van der Waals surface area contributed by atoms with Gasteiger partial charge < -0.3 is 15.2 Å². The van der Waals surface area contributed by atoms with E-state index >= 15 is 0 Å². The molecular weight excluding hydrogens is 340 g/mol. The van der Waals surface area contributed by atoms with Gasteiger partial charge >= 0.3 is 0 Å². The number of rotatable bonds is 3. The first-order valence-electron chi connectivity index (χ1n) is 4.68. The van der Waals surface area contributed by atoms with Gasteiger partial charge in [-0.05, 0) is 22.0 Å². The Kier molecular flexibility index (Phi) is 3.63. The van der Waals surface area contributed by atoms with Gasteiger partial charge in [0.05, 0.1) is 6.10 Å². The lowest BCUT2D eigenvalue weighted by Gasteiger charge is -2.14. The zero-order valence-corrected chi connectivity index (χ0v) is 11.4. The van der Waals surface area contributed by atoms with Crippen molar-refractivity contribution in [3.63, 3.8) is 0 Å². The quantitative estimate of drug-likeness (QED) is 0.743. The summed E-state index contributed by atoms with van der Waals surface area (Å²) >= 11 is 6.46. The standard InChI is InChI=1S/C10H10Br2N2O2/c11-2-8(15)9(16)7-4-14-10-6(7)1-5(12)3-13-10/h1,3-4,8-9,15-16H,2H2,(H,13,14). The Labute approximate surface area is 109 Å². The van der Waals surface area contributed by atoms with Crippen LogP contribution < -0.4 is 0 Å². The molecule has 2 atom stereocenters. The Hall–Kier alpha value is -0.430. The Balaban J connectivity index is 2.48. The molecule has 0 amide bonds. The Morgan fingerprint density at radius 3 is 2.88 bits per heavy atom. The third-order valence-corrected chi connectivity index (χ3v) is 3.47. The molecule has 16 heavy (non-hydrogen) atoms. The SMILES string of the molecule is OC(CBr)C(O)c1c[nH]c2ncc(Br)cc12. The predicted molar refractivity (Wildman–Crippen MR) is 68.6 cm³/mol. The molecular formula is C10H10Br2N2O2. The molecule has 0 radical (unpaired) electrons. The van der Waals surface area contributed by atoms with Crippen molar-refractivity contribution in [3.8, 4) is 0 Å². The van der Waals surface area contributed by atoms with Crippen LogP contribution in [0.5, 0.6) is 0 Å². The monoisotopic (exact) mass is 348 g/mol. The summed E-state index contributed by atoms with van der Waals surface area (Å²) in [5.74, 6) is 0. The number of pyridine rings is 1. The van der Waals surface area contributed by atoms with Gasteiger partial charge in [-0.3, -0.25) is 0 Å². The lowest BCUT2D eigenvalue weighted by Crippen LogP contribution is -2.19. The van der Waals surface area contributed by atoms with Gasteiger partial charge in [-0.2, -0.15) is 0 Å². The fourth-order valence-electron chi connectivity index (χ4n) is 1.53. The zero-order chi connectivity index (χ0) is 11.7. The van der Waals surface area contributed by atoms with Crippen LogP contribution in [0.4, 0.5) is 0 Å². The molecule has 0 bridgehead atoms. The summed E-state index contributed by atoms with van der Waals surface area (Å²) in [6.07, 6.45) is 1.58. The number of aromatic nitrogens is 2. The molecule has 0 aliphatic rings. The first-order valence-corrected chi connectivity index (χ1v) is 6.59. The molecule has 0 aliphatic heterocycles. The number of aliphatic hydroxyl groups is 2. The Morgan fingerprint density at radius 1 is 1.44 bits per heavy atom. The van der Waals surface area contributed by atoms with Crippen molar-refractivity contribution in [3.05, 3.63) is 28.5 Å². The molecule has 0 fully saturated rings. The fourth-order valence-corrected chi connectivity index (χ4v) is 2.22. The molecule has 6 heteroatoms. The van der Waals surface area contributed by atoms with E-state index in [2.05, 4.69) is 41.8 Å². The maximum Gasteiger partial charge on any atom is 0.137 e. The molecule has 3 N–H and O–H groups in total. The van der Waals surface area contributed by atoms with Crippen LogP contribution in [-0.2, 0) is 0 Å². The molecule has 0 aliphatic carbocycles. The van der Waals surface area contributed by atoms with E-state index in [0.717, 1.165) is 9.86 Å². The number of H-pyrrole nitrogens is 1. The molecule has 0 aromatic carbocycles. The third-order valence-electron chi connectivity index (χ3n) is 2.37. The number of halogens is 2. The van der Waals surface area contributed by atoms with E-state index < -0.39 is 12.2 Å². The number of nitrogens with one attached hydrogen (secondary N) is 1. The molecule has 2 heterocycles. The van der Waals surface area contributed by atoms with Gasteiger partial charge in [-0.15, -0.1) is 0 Å². The van der Waals surface area contributed by atoms with Gasteiger partial charge in [0.15, 0.2) is 0 Å². The third kappa shape index (κ3) is 2.15. The molecule has 2 aromatic rings. The molecule has 86 valence electrons. The van der Waals surface area contributed by atoms with Crippen LogP contribution in [0.15, 0.2) is 22.9 Å². The number of fused-ring (bicyclic) bond motifs is 1. The summed E-state index contributed by atoms with van der Waals surface area (Å²) in [4.78, 5) is 7.12. The number of hydrogen-bond donors (Lipinski definition) is 3. The van der Waals surface area contributed by atoms with Gasteiger partial charge in [0.1, 0.15) is 11.8 Å². The summed E-state index contributed by atoms with van der Waals surface area (Å²) in [6.45, 7) is 0. The zero-order valence-electron chi connectivity index (χ0n) is 8.19. The van der Waals surface area contributed by atoms with Crippen molar-refractivity contribution in [1.29, 1.82) is 0 Å². The minimum Gasteiger partial charge on any atom is -0.389 e. The molecule has 4 nitrogen and oxygen atoms in total. The van der Waals surface area contributed by atoms with E-state index in [9.17, 15) is 10.2 Å². The second-order valence-corrected chi connectivity index (χ2v) is 5.02. The minimum absolute atomic E-state index is 0.322. The Bertz CT molecular complexity index is 501. The predicted octanol–water partition coefficient (Wildman–Crippen LogP) is 2.11. The van der Waals surface area contributed by atoms with Crippen molar-refractivity contribution >= 4 is 42.9 Å². The van der Waals surface area contributed by atoms with Crippen LogP contribution in [0.25, 0.3) is 11.0 Å². The van der Waals surface area contributed by atoms with Gasteiger partial charge in [0.25, 0.3) is 0 Å². The molecule has 2 aromatic heterocycles. The van der Waals surface area contributed by atoms with Crippen LogP contribution in [-0.4, -0.2) is 31.6 Å². The average molecular weight is 350 g/mol. The van der Waals surface area contributed by atoms with Gasteiger partial charge in [-0.1, -0.05) is 15.9 Å². The van der Waals surface area contributed by atoms with E-state index in [1.165, 1.54) is 0 Å². The lowest BCUT2D eigenvalue weighted by atomic mass is 10.1. The van der Waals surface area contributed by atoms with Crippen molar-refractivity contribution in [2.45, 2.75) is 12.2 Å². The van der Waals surface area contributed by atoms with Crippen LogP contribution >= 0.6 is 31.9 Å². The highest BCUT2D eigenvalue weighted by molar-refractivity contribution is 9.10. The minimum atomic E-state index is -0.927. The summed E-state index contributed by atoms with van der Waals surface area (Å²) in [5.41, 5.74) is 1.34. The first kappa shape index (κ1) is 12.0. The summed E-state index contributed by atoms with van der Waals surface area (Å²) < 4.78 is 0.835. The highest BCUT2D eigenvalue weighted by Gasteiger charge is 2.20. The van der Waals surface area contributed by atoms with E-state index in [4.69, 9.17) is 0 Å². The van der Waals surface area contributed by atoms with E-state index in [0.29, 0.717) is 16.5 Å². The summed E-state index contributed by atoms with van der Waals surface area (Å²) in [6, 6.07) is 1.86. The van der Waals surface area contributed by atoms with E-state index in [-0.39, 0.29) is 0 Å². The largest absolute Gasteiger partial charge is 0.389 e. The maximum atomic E-state index is 9.92. The fraction of sp³-hybridized carbons (Fsp3) is 0.300. The van der Waals surface area contributed by atoms with Crippen LogP contribution in [0.2, 0.25) is 0 Å². The van der Waals surface area contributed by atoms with Crippen molar-refractivity contribution in [1.82, 2.24) is 9.97 Å². The molecule has 0 saturated carbocycles. The normalized spacial score (nSPS) is 15.2. The number of hydrogen-bond acceptors (Lipinski definition) is 3. The van der Waals surface area contributed by atoms with Crippen LogP contribution in [0, 0.1) is 0 Å². The highest BCUT2D eigenvalue weighted by Crippen LogP contribution is 2.27.